The third-order valence-electron chi connectivity index (χ3n) is 4.07. The molecule has 7 heteroatoms. The number of carbonyl (C=O) groups excluding carboxylic acids is 1. The molecule has 0 unspecified atom stereocenters. The second-order valence-electron chi connectivity index (χ2n) is 6.18. The summed E-state index contributed by atoms with van der Waals surface area (Å²) >= 11 is 3.02. The number of nitrogens with one attached hydrogen (secondary N) is 1. The highest BCUT2D eigenvalue weighted by Crippen LogP contribution is 2.29. The summed E-state index contributed by atoms with van der Waals surface area (Å²) < 4.78 is 18.2. The van der Waals surface area contributed by atoms with Crippen molar-refractivity contribution in [2.45, 2.75) is 24.7 Å². The number of aromatic nitrogens is 1. The van der Waals surface area contributed by atoms with Gasteiger partial charge in [0, 0.05) is 22.3 Å². The fraction of sp³-hybridized carbons (Fsp3) is 0.238. The van der Waals surface area contributed by atoms with Crippen LogP contribution < -0.4 is 10.1 Å². The van der Waals surface area contributed by atoms with Crippen LogP contribution in [0.25, 0.3) is 11.3 Å². The van der Waals surface area contributed by atoms with Crippen molar-refractivity contribution in [1.82, 2.24) is 4.98 Å². The van der Waals surface area contributed by atoms with Crippen LogP contribution in [0.15, 0.2) is 52.7 Å². The second kappa shape index (κ2) is 9.71. The minimum absolute atomic E-state index is 0.0495. The number of amides is 1. The smallest absolute Gasteiger partial charge is 0.226 e. The van der Waals surface area contributed by atoms with Crippen LogP contribution in [-0.2, 0) is 4.79 Å². The number of ether oxygens (including phenoxy) is 1. The highest BCUT2D eigenvalue weighted by molar-refractivity contribution is 7.99. The molecule has 2 aromatic carbocycles. The summed E-state index contributed by atoms with van der Waals surface area (Å²) in [5.41, 5.74) is 2.86. The number of rotatable bonds is 8. The molecule has 28 heavy (non-hydrogen) atoms. The SMILES string of the molecule is COc1ccc(-c2csc(NC(=O)CCCSc3ccc(F)cc3)n2)cc1C. The van der Waals surface area contributed by atoms with E-state index >= 15 is 0 Å². The molecule has 0 aliphatic carbocycles. The Morgan fingerprint density at radius 1 is 1.25 bits per heavy atom. The average molecular weight is 417 g/mol. The van der Waals surface area contributed by atoms with E-state index in [1.54, 1.807) is 31.0 Å². The van der Waals surface area contributed by atoms with Crippen molar-refractivity contribution in [1.29, 1.82) is 0 Å². The van der Waals surface area contributed by atoms with Crippen LogP contribution in [0.1, 0.15) is 18.4 Å². The van der Waals surface area contributed by atoms with Gasteiger partial charge in [-0.1, -0.05) is 0 Å². The highest BCUT2D eigenvalue weighted by atomic mass is 32.2. The first-order valence-electron chi connectivity index (χ1n) is 8.84. The van der Waals surface area contributed by atoms with Crippen LogP contribution in [0.2, 0.25) is 0 Å². The summed E-state index contributed by atoms with van der Waals surface area (Å²) in [5, 5.41) is 5.39. The fourth-order valence-electron chi connectivity index (χ4n) is 2.64. The summed E-state index contributed by atoms with van der Waals surface area (Å²) in [6.45, 7) is 1.99. The van der Waals surface area contributed by atoms with Gasteiger partial charge in [0.1, 0.15) is 11.6 Å². The van der Waals surface area contributed by atoms with Crippen LogP contribution in [-0.4, -0.2) is 23.8 Å². The molecule has 0 aliphatic heterocycles. The first kappa shape index (κ1) is 20.4. The zero-order valence-corrected chi connectivity index (χ0v) is 17.3. The Balaban J connectivity index is 1.47. The van der Waals surface area contributed by atoms with Crippen molar-refractivity contribution in [2.24, 2.45) is 0 Å². The molecule has 4 nitrogen and oxygen atoms in total. The van der Waals surface area contributed by atoms with Gasteiger partial charge in [-0.2, -0.15) is 0 Å². The number of benzene rings is 2. The molecule has 0 fully saturated rings. The van der Waals surface area contributed by atoms with E-state index in [-0.39, 0.29) is 11.7 Å². The fourth-order valence-corrected chi connectivity index (χ4v) is 4.23. The largest absolute Gasteiger partial charge is 0.496 e. The number of hydrogen-bond acceptors (Lipinski definition) is 5. The lowest BCUT2D eigenvalue weighted by Gasteiger charge is -2.05. The van der Waals surface area contributed by atoms with Crippen LogP contribution in [0, 0.1) is 12.7 Å². The number of hydrogen-bond donors (Lipinski definition) is 1. The van der Waals surface area contributed by atoms with Crippen molar-refractivity contribution >= 4 is 34.1 Å². The van der Waals surface area contributed by atoms with Gasteiger partial charge in [0.15, 0.2) is 5.13 Å². The van der Waals surface area contributed by atoms with E-state index in [0.717, 1.165) is 39.6 Å². The average Bonchev–Trinajstić information content (AvgIpc) is 3.15. The van der Waals surface area contributed by atoms with Crippen molar-refractivity contribution in [3.63, 3.8) is 0 Å². The zero-order chi connectivity index (χ0) is 19.9. The number of anilines is 1. The van der Waals surface area contributed by atoms with E-state index in [0.29, 0.717) is 11.6 Å². The highest BCUT2D eigenvalue weighted by Gasteiger charge is 2.09. The van der Waals surface area contributed by atoms with Crippen molar-refractivity contribution in [2.75, 3.05) is 18.2 Å². The first-order chi connectivity index (χ1) is 13.5. The minimum Gasteiger partial charge on any atom is -0.496 e. The molecule has 0 bridgehead atoms. The Labute approximate surface area is 172 Å². The van der Waals surface area contributed by atoms with Gasteiger partial charge in [-0.05, 0) is 67.1 Å². The Hall–Kier alpha value is -2.38. The van der Waals surface area contributed by atoms with Crippen molar-refractivity contribution in [3.8, 4) is 17.0 Å². The molecule has 0 aliphatic rings. The molecule has 0 saturated heterocycles. The van der Waals surface area contributed by atoms with E-state index in [1.807, 2.05) is 30.5 Å². The molecular weight excluding hydrogens is 395 g/mol. The summed E-state index contributed by atoms with van der Waals surface area (Å²) in [6.07, 6.45) is 1.16. The maximum atomic E-state index is 12.9. The van der Waals surface area contributed by atoms with E-state index in [1.165, 1.54) is 23.5 Å². The Morgan fingerprint density at radius 3 is 2.75 bits per heavy atom. The Bertz CT molecular complexity index is 942. The summed E-state index contributed by atoms with van der Waals surface area (Å²) in [4.78, 5) is 17.6. The molecule has 1 N–H and O–H groups in total. The van der Waals surface area contributed by atoms with Crippen LogP contribution >= 0.6 is 23.1 Å². The lowest BCUT2D eigenvalue weighted by molar-refractivity contribution is -0.116. The molecule has 1 amide bonds. The lowest BCUT2D eigenvalue weighted by Crippen LogP contribution is -2.11. The van der Waals surface area contributed by atoms with Gasteiger partial charge in [-0.15, -0.1) is 23.1 Å². The van der Waals surface area contributed by atoms with E-state index < -0.39 is 0 Å². The quantitative estimate of drug-likeness (QED) is 0.374. The normalized spacial score (nSPS) is 10.7. The van der Waals surface area contributed by atoms with Gasteiger partial charge in [-0.25, -0.2) is 9.37 Å². The van der Waals surface area contributed by atoms with Crippen molar-refractivity contribution < 1.29 is 13.9 Å². The number of carbonyl (C=O) groups is 1. The number of halogens is 1. The van der Waals surface area contributed by atoms with Gasteiger partial charge in [0.2, 0.25) is 5.91 Å². The van der Waals surface area contributed by atoms with Gasteiger partial charge in [0.05, 0.1) is 12.8 Å². The first-order valence-corrected chi connectivity index (χ1v) is 10.7. The third kappa shape index (κ3) is 5.56. The Kier molecular flexibility index (Phi) is 7.06. The van der Waals surface area contributed by atoms with Gasteiger partial charge in [-0.3, -0.25) is 4.79 Å². The topological polar surface area (TPSA) is 51.2 Å². The van der Waals surface area contributed by atoms with Gasteiger partial charge >= 0.3 is 0 Å². The number of nitrogens with zero attached hydrogens (tertiary/aromatic N) is 1. The van der Waals surface area contributed by atoms with E-state index in [4.69, 9.17) is 4.74 Å². The molecule has 0 radical (unpaired) electrons. The number of thiazole rings is 1. The van der Waals surface area contributed by atoms with Crippen LogP contribution in [0.3, 0.4) is 0 Å². The Morgan fingerprint density at radius 2 is 2.04 bits per heavy atom. The number of methoxy groups -OCH3 is 1. The maximum absolute atomic E-state index is 12.9. The number of thioether (sulfide) groups is 1. The molecular formula is C21H21FN2O2S2. The molecule has 3 rings (SSSR count). The minimum atomic E-state index is -0.239. The predicted octanol–water partition coefficient (Wildman–Crippen LogP) is 5.78. The van der Waals surface area contributed by atoms with Crippen LogP contribution in [0.4, 0.5) is 9.52 Å². The second-order valence-corrected chi connectivity index (χ2v) is 8.20. The monoisotopic (exact) mass is 416 g/mol. The maximum Gasteiger partial charge on any atom is 0.226 e. The zero-order valence-electron chi connectivity index (χ0n) is 15.7. The molecule has 0 saturated carbocycles. The van der Waals surface area contributed by atoms with E-state index in [2.05, 4.69) is 10.3 Å². The lowest BCUT2D eigenvalue weighted by atomic mass is 10.1. The summed E-state index contributed by atoms with van der Waals surface area (Å²) in [6, 6.07) is 12.3. The standard InChI is InChI=1S/C21H21FN2O2S2/c1-14-12-15(5-10-19(14)26-2)18-13-28-21(23-18)24-20(25)4-3-11-27-17-8-6-16(22)7-9-17/h5-10,12-13H,3-4,11H2,1-2H3,(H,23,24,25). The molecule has 146 valence electrons. The summed E-state index contributed by atoms with van der Waals surface area (Å²) in [5.74, 6) is 1.35. The molecule has 0 spiro atoms. The van der Waals surface area contributed by atoms with Crippen molar-refractivity contribution in [3.05, 3.63) is 59.2 Å². The molecule has 0 atom stereocenters. The summed E-state index contributed by atoms with van der Waals surface area (Å²) in [7, 11) is 1.65. The van der Waals surface area contributed by atoms with Crippen LogP contribution in [0.5, 0.6) is 5.75 Å². The van der Waals surface area contributed by atoms with Gasteiger partial charge < -0.3 is 10.1 Å². The predicted molar refractivity (Wildman–Crippen MR) is 114 cm³/mol. The molecule has 1 heterocycles. The third-order valence-corrected chi connectivity index (χ3v) is 5.93. The molecule has 1 aromatic heterocycles. The number of aryl methyl sites for hydroxylation is 1. The van der Waals surface area contributed by atoms with E-state index in [9.17, 15) is 9.18 Å². The molecule has 3 aromatic rings. The van der Waals surface area contributed by atoms with Gasteiger partial charge in [0.25, 0.3) is 0 Å².